The Bertz CT molecular complexity index is 668. The molecule has 0 amide bonds. The van der Waals surface area contributed by atoms with Gasteiger partial charge in [0.25, 0.3) is 0 Å². The maximum absolute atomic E-state index is 12.6. The highest BCUT2D eigenvalue weighted by atomic mass is 35.5. The van der Waals surface area contributed by atoms with Gasteiger partial charge in [-0.25, -0.2) is 0 Å². The van der Waals surface area contributed by atoms with Crippen LogP contribution in [0.5, 0.6) is 0 Å². The Hall–Kier alpha value is -1.29. The number of hydrogen-bond acceptors (Lipinski definition) is 3. The van der Waals surface area contributed by atoms with E-state index in [1.807, 2.05) is 42.1 Å². The average Bonchev–Trinajstić information content (AvgIpc) is 2.55. The zero-order valence-corrected chi connectivity index (χ0v) is 13.9. The van der Waals surface area contributed by atoms with Crippen LogP contribution in [0.2, 0.25) is 5.02 Å². The number of carbonyl (C=O) groups excluding carboxylic acids is 1. The van der Waals surface area contributed by atoms with Crippen LogP contribution in [-0.4, -0.2) is 35.3 Å². The molecule has 2 nitrogen and oxygen atoms in total. The summed E-state index contributed by atoms with van der Waals surface area (Å²) in [6.07, 6.45) is 0. The Labute approximate surface area is 140 Å². The molecule has 4 heteroatoms. The molecule has 0 aromatic heterocycles. The molecular formula is C18H18ClNOS. The molecule has 0 unspecified atom stereocenters. The predicted octanol–water partition coefficient (Wildman–Crippen LogP) is 4.12. The fourth-order valence-corrected chi connectivity index (χ4v) is 3.79. The quantitative estimate of drug-likeness (QED) is 0.786. The first-order chi connectivity index (χ1) is 10.7. The SMILES string of the molecule is O=C(c1cccc(Cl)c1)c1cccc(CN2CCSCC2)c1. The molecule has 0 spiro atoms. The van der Waals surface area contributed by atoms with Gasteiger partial charge in [-0.3, -0.25) is 9.69 Å². The number of hydrogen-bond donors (Lipinski definition) is 0. The molecule has 0 saturated carbocycles. The van der Waals surface area contributed by atoms with Crippen molar-refractivity contribution in [2.24, 2.45) is 0 Å². The molecule has 22 heavy (non-hydrogen) atoms. The van der Waals surface area contributed by atoms with Gasteiger partial charge in [-0.1, -0.05) is 41.9 Å². The summed E-state index contributed by atoms with van der Waals surface area (Å²) in [5.41, 5.74) is 2.56. The Morgan fingerprint density at radius 2 is 1.73 bits per heavy atom. The summed E-state index contributed by atoms with van der Waals surface area (Å²) < 4.78 is 0. The summed E-state index contributed by atoms with van der Waals surface area (Å²) >= 11 is 7.98. The molecule has 2 aromatic rings. The molecule has 1 saturated heterocycles. The lowest BCUT2D eigenvalue weighted by Crippen LogP contribution is -2.31. The van der Waals surface area contributed by atoms with Crippen LogP contribution in [0.1, 0.15) is 21.5 Å². The van der Waals surface area contributed by atoms with Gasteiger partial charge in [-0.15, -0.1) is 0 Å². The van der Waals surface area contributed by atoms with Crippen LogP contribution in [0, 0.1) is 0 Å². The van der Waals surface area contributed by atoms with Crippen LogP contribution in [0.15, 0.2) is 48.5 Å². The summed E-state index contributed by atoms with van der Waals surface area (Å²) in [5.74, 6) is 2.42. The van der Waals surface area contributed by atoms with Crippen molar-refractivity contribution in [2.45, 2.75) is 6.54 Å². The minimum absolute atomic E-state index is 0.0264. The van der Waals surface area contributed by atoms with Gasteiger partial charge in [0.2, 0.25) is 0 Å². The van der Waals surface area contributed by atoms with Gasteiger partial charge in [-0.2, -0.15) is 11.8 Å². The van der Waals surface area contributed by atoms with Gasteiger partial charge in [0.1, 0.15) is 0 Å². The zero-order valence-electron chi connectivity index (χ0n) is 12.3. The second-order valence-corrected chi connectivity index (χ2v) is 7.09. The zero-order chi connectivity index (χ0) is 15.4. The summed E-state index contributed by atoms with van der Waals surface area (Å²) in [4.78, 5) is 15.0. The lowest BCUT2D eigenvalue weighted by Gasteiger charge is -2.26. The first kappa shape index (κ1) is 15.6. The highest BCUT2D eigenvalue weighted by molar-refractivity contribution is 7.99. The Morgan fingerprint density at radius 1 is 1.05 bits per heavy atom. The fraction of sp³-hybridized carbons (Fsp3) is 0.278. The molecule has 0 radical (unpaired) electrons. The maximum atomic E-state index is 12.6. The highest BCUT2D eigenvalue weighted by Gasteiger charge is 2.13. The minimum Gasteiger partial charge on any atom is -0.297 e. The molecule has 0 aliphatic carbocycles. The first-order valence-electron chi connectivity index (χ1n) is 7.42. The second kappa shape index (κ2) is 7.32. The van der Waals surface area contributed by atoms with E-state index in [1.165, 1.54) is 17.1 Å². The largest absolute Gasteiger partial charge is 0.297 e. The third-order valence-electron chi connectivity index (χ3n) is 3.79. The van der Waals surface area contributed by atoms with Crippen LogP contribution >= 0.6 is 23.4 Å². The number of nitrogens with zero attached hydrogens (tertiary/aromatic N) is 1. The molecular weight excluding hydrogens is 314 g/mol. The van der Waals surface area contributed by atoms with Gasteiger partial charge in [0, 0.05) is 47.3 Å². The number of carbonyl (C=O) groups is 1. The molecule has 3 rings (SSSR count). The van der Waals surface area contributed by atoms with E-state index in [0.29, 0.717) is 10.6 Å². The van der Waals surface area contributed by atoms with Crippen molar-refractivity contribution < 1.29 is 4.79 Å². The Morgan fingerprint density at radius 3 is 2.45 bits per heavy atom. The van der Waals surface area contributed by atoms with E-state index < -0.39 is 0 Å². The maximum Gasteiger partial charge on any atom is 0.193 e. The van der Waals surface area contributed by atoms with Gasteiger partial charge in [0.05, 0.1) is 0 Å². The van der Waals surface area contributed by atoms with Crippen LogP contribution in [0.4, 0.5) is 0 Å². The van der Waals surface area contributed by atoms with Gasteiger partial charge in [0.15, 0.2) is 5.78 Å². The van der Waals surface area contributed by atoms with Crippen molar-refractivity contribution in [1.82, 2.24) is 4.90 Å². The van der Waals surface area contributed by atoms with E-state index in [4.69, 9.17) is 11.6 Å². The Balaban J connectivity index is 1.76. The smallest absolute Gasteiger partial charge is 0.193 e. The summed E-state index contributed by atoms with van der Waals surface area (Å²) in [6, 6.07) is 15.1. The van der Waals surface area contributed by atoms with Gasteiger partial charge < -0.3 is 0 Å². The molecule has 1 aliphatic rings. The normalized spacial score (nSPS) is 15.7. The highest BCUT2D eigenvalue weighted by Crippen LogP contribution is 2.18. The predicted molar refractivity (Wildman–Crippen MR) is 93.9 cm³/mol. The van der Waals surface area contributed by atoms with Crippen LogP contribution in [0.3, 0.4) is 0 Å². The van der Waals surface area contributed by atoms with E-state index in [-0.39, 0.29) is 5.78 Å². The molecule has 0 atom stereocenters. The van der Waals surface area contributed by atoms with Crippen molar-refractivity contribution in [3.8, 4) is 0 Å². The van der Waals surface area contributed by atoms with Gasteiger partial charge in [-0.05, 0) is 23.8 Å². The van der Waals surface area contributed by atoms with E-state index in [1.54, 1.807) is 12.1 Å². The number of thioether (sulfide) groups is 1. The molecule has 1 heterocycles. The molecule has 1 aliphatic heterocycles. The van der Waals surface area contributed by atoms with Crippen molar-refractivity contribution in [1.29, 1.82) is 0 Å². The van der Waals surface area contributed by atoms with Crippen LogP contribution < -0.4 is 0 Å². The Kier molecular flexibility index (Phi) is 5.19. The van der Waals surface area contributed by atoms with Gasteiger partial charge >= 0.3 is 0 Å². The molecule has 0 bridgehead atoms. The minimum atomic E-state index is 0.0264. The van der Waals surface area contributed by atoms with Crippen LogP contribution in [-0.2, 0) is 6.54 Å². The lowest BCUT2D eigenvalue weighted by atomic mass is 10.0. The number of ketones is 1. The first-order valence-corrected chi connectivity index (χ1v) is 8.95. The van der Waals surface area contributed by atoms with E-state index in [2.05, 4.69) is 11.0 Å². The van der Waals surface area contributed by atoms with E-state index >= 15 is 0 Å². The molecule has 2 aromatic carbocycles. The fourth-order valence-electron chi connectivity index (χ4n) is 2.62. The number of benzene rings is 2. The monoisotopic (exact) mass is 331 g/mol. The second-order valence-electron chi connectivity index (χ2n) is 5.43. The summed E-state index contributed by atoms with van der Waals surface area (Å²) in [5, 5.41) is 0.591. The molecule has 1 fully saturated rings. The summed E-state index contributed by atoms with van der Waals surface area (Å²) in [7, 11) is 0. The lowest BCUT2D eigenvalue weighted by molar-refractivity contribution is 0.103. The standard InChI is InChI=1S/C18H18ClNOS/c19-17-6-2-5-16(12-17)18(21)15-4-1-3-14(11-15)13-20-7-9-22-10-8-20/h1-6,11-12H,7-10,13H2. The average molecular weight is 332 g/mol. The number of halogens is 1. The van der Waals surface area contributed by atoms with Crippen molar-refractivity contribution >= 4 is 29.1 Å². The van der Waals surface area contributed by atoms with Crippen molar-refractivity contribution in [2.75, 3.05) is 24.6 Å². The molecule has 114 valence electrons. The van der Waals surface area contributed by atoms with E-state index in [0.717, 1.165) is 25.2 Å². The number of rotatable bonds is 4. The summed E-state index contributed by atoms with van der Waals surface area (Å²) in [6.45, 7) is 3.16. The van der Waals surface area contributed by atoms with Crippen molar-refractivity contribution in [3.63, 3.8) is 0 Å². The van der Waals surface area contributed by atoms with Crippen LogP contribution in [0.25, 0.3) is 0 Å². The third-order valence-corrected chi connectivity index (χ3v) is 4.96. The van der Waals surface area contributed by atoms with Crippen molar-refractivity contribution in [3.05, 3.63) is 70.2 Å². The van der Waals surface area contributed by atoms with E-state index in [9.17, 15) is 4.79 Å². The molecule has 0 N–H and O–H groups in total. The third kappa shape index (κ3) is 3.92. The topological polar surface area (TPSA) is 20.3 Å².